The van der Waals surface area contributed by atoms with Crippen molar-refractivity contribution in [3.8, 4) is 11.5 Å². The zero-order valence-corrected chi connectivity index (χ0v) is 24.5. The van der Waals surface area contributed by atoms with Gasteiger partial charge in [-0.3, -0.25) is 9.36 Å². The molecule has 4 aromatic carbocycles. The van der Waals surface area contributed by atoms with Crippen LogP contribution in [-0.4, -0.2) is 11.7 Å². The largest absolute Gasteiger partial charge is 0.497 e. The minimum absolute atomic E-state index is 0.0653. The Labute approximate surface area is 252 Å². The SMILES string of the molecule is COc1cccc([C@H]2C3=C(N=c4s/c(=C\c5ccccc5OCc5ccc(Cl)cc5)c(=O)n42)c2ccccc2CC3)c1. The molecule has 7 rings (SSSR count). The third kappa shape index (κ3) is 4.87. The molecular formula is C35H27ClN2O3S. The molecule has 0 N–H and O–H groups in total. The van der Waals surface area contributed by atoms with Crippen LogP contribution < -0.4 is 24.4 Å². The Kier molecular flexibility index (Phi) is 7.02. The van der Waals surface area contributed by atoms with E-state index in [1.807, 2.05) is 77.4 Å². The number of aromatic nitrogens is 1. The minimum Gasteiger partial charge on any atom is -0.497 e. The van der Waals surface area contributed by atoms with Gasteiger partial charge >= 0.3 is 0 Å². The number of ether oxygens (including phenoxy) is 2. The molecule has 0 fully saturated rings. The van der Waals surface area contributed by atoms with Crippen LogP contribution in [0.4, 0.5) is 0 Å². The number of methoxy groups -OCH3 is 1. The van der Waals surface area contributed by atoms with Crippen LogP contribution >= 0.6 is 22.9 Å². The van der Waals surface area contributed by atoms with E-state index < -0.39 is 0 Å². The number of fused-ring (bicyclic) bond motifs is 3. The van der Waals surface area contributed by atoms with Gasteiger partial charge in [0, 0.05) is 16.1 Å². The number of allylic oxidation sites excluding steroid dienone is 1. The molecular weight excluding hydrogens is 564 g/mol. The van der Waals surface area contributed by atoms with E-state index in [4.69, 9.17) is 26.1 Å². The average Bonchev–Trinajstić information content (AvgIpc) is 3.34. The highest BCUT2D eigenvalue weighted by atomic mass is 35.5. The van der Waals surface area contributed by atoms with Crippen LogP contribution in [0.5, 0.6) is 11.5 Å². The number of benzene rings is 4. The van der Waals surface area contributed by atoms with E-state index in [1.54, 1.807) is 7.11 Å². The Morgan fingerprint density at radius 2 is 1.79 bits per heavy atom. The van der Waals surface area contributed by atoms with Crippen molar-refractivity contribution in [1.29, 1.82) is 0 Å². The Morgan fingerprint density at radius 1 is 0.976 bits per heavy atom. The van der Waals surface area contributed by atoms with Crippen LogP contribution in [0.25, 0.3) is 11.8 Å². The second-order valence-electron chi connectivity index (χ2n) is 10.3. The van der Waals surface area contributed by atoms with E-state index >= 15 is 0 Å². The molecule has 5 nitrogen and oxygen atoms in total. The molecule has 0 saturated heterocycles. The number of aryl methyl sites for hydroxylation is 1. The molecule has 2 heterocycles. The fourth-order valence-electron chi connectivity index (χ4n) is 5.75. The van der Waals surface area contributed by atoms with Crippen molar-refractivity contribution in [2.45, 2.75) is 25.5 Å². The second-order valence-corrected chi connectivity index (χ2v) is 11.8. The molecule has 1 aliphatic carbocycles. The normalized spacial score (nSPS) is 15.9. The van der Waals surface area contributed by atoms with E-state index in [2.05, 4.69) is 30.3 Å². The summed E-state index contributed by atoms with van der Waals surface area (Å²) in [5, 5.41) is 0.687. The predicted octanol–water partition coefficient (Wildman–Crippen LogP) is 6.56. The highest BCUT2D eigenvalue weighted by Crippen LogP contribution is 2.41. The Balaban J connectivity index is 1.36. The lowest BCUT2D eigenvalue weighted by Gasteiger charge is -2.31. The molecule has 2 aliphatic rings. The maximum atomic E-state index is 14.2. The zero-order chi connectivity index (χ0) is 28.6. The number of nitrogens with zero attached hydrogens (tertiary/aromatic N) is 2. The van der Waals surface area contributed by atoms with Crippen LogP contribution in [0, 0.1) is 0 Å². The number of thiazole rings is 1. The molecule has 208 valence electrons. The van der Waals surface area contributed by atoms with E-state index in [1.165, 1.54) is 16.9 Å². The molecule has 0 radical (unpaired) electrons. The molecule has 1 atom stereocenters. The van der Waals surface area contributed by atoms with E-state index in [0.29, 0.717) is 26.7 Å². The molecule has 0 amide bonds. The third-order valence-electron chi connectivity index (χ3n) is 7.80. The summed E-state index contributed by atoms with van der Waals surface area (Å²) in [5.74, 6) is 1.47. The van der Waals surface area contributed by atoms with Crippen molar-refractivity contribution < 1.29 is 9.47 Å². The van der Waals surface area contributed by atoms with Crippen molar-refractivity contribution in [1.82, 2.24) is 4.57 Å². The molecule has 0 bridgehead atoms. The van der Waals surface area contributed by atoms with Crippen molar-refractivity contribution in [3.05, 3.63) is 155 Å². The summed E-state index contributed by atoms with van der Waals surface area (Å²) in [4.78, 5) is 20.0. The summed E-state index contributed by atoms with van der Waals surface area (Å²) in [6, 6.07) is 31.6. The summed E-state index contributed by atoms with van der Waals surface area (Å²) >= 11 is 7.45. The molecule has 0 saturated carbocycles. The van der Waals surface area contributed by atoms with Crippen LogP contribution in [0.15, 0.2) is 112 Å². The molecule has 5 aromatic rings. The molecule has 1 aromatic heterocycles. The van der Waals surface area contributed by atoms with Gasteiger partial charge in [0.15, 0.2) is 4.80 Å². The van der Waals surface area contributed by atoms with Crippen molar-refractivity contribution in [3.63, 3.8) is 0 Å². The summed E-state index contributed by atoms with van der Waals surface area (Å²) in [5.41, 5.74) is 7.36. The van der Waals surface area contributed by atoms with E-state index in [0.717, 1.165) is 52.1 Å². The number of halogens is 1. The van der Waals surface area contributed by atoms with Gasteiger partial charge in [-0.15, -0.1) is 0 Å². The fourth-order valence-corrected chi connectivity index (χ4v) is 6.87. The first-order valence-corrected chi connectivity index (χ1v) is 15.0. The fraction of sp³-hybridized carbons (Fsp3) is 0.143. The van der Waals surface area contributed by atoms with Gasteiger partial charge in [0.05, 0.1) is 23.4 Å². The first-order valence-electron chi connectivity index (χ1n) is 13.8. The predicted molar refractivity (Wildman–Crippen MR) is 168 cm³/mol. The smallest absolute Gasteiger partial charge is 0.271 e. The van der Waals surface area contributed by atoms with Crippen LogP contribution in [0.1, 0.15) is 40.3 Å². The van der Waals surface area contributed by atoms with E-state index in [9.17, 15) is 4.79 Å². The Hall–Kier alpha value is -4.39. The molecule has 42 heavy (non-hydrogen) atoms. The van der Waals surface area contributed by atoms with Gasteiger partial charge < -0.3 is 9.47 Å². The monoisotopic (exact) mass is 590 g/mol. The lowest BCUT2D eigenvalue weighted by Crippen LogP contribution is -2.38. The third-order valence-corrected chi connectivity index (χ3v) is 9.03. The van der Waals surface area contributed by atoms with Gasteiger partial charge in [0.2, 0.25) is 0 Å². The summed E-state index contributed by atoms with van der Waals surface area (Å²) < 4.78 is 14.2. The molecule has 0 unspecified atom stereocenters. The van der Waals surface area contributed by atoms with Gasteiger partial charge in [0.1, 0.15) is 18.1 Å². The first kappa shape index (κ1) is 26.5. The molecule has 1 aliphatic heterocycles. The maximum Gasteiger partial charge on any atom is 0.271 e. The van der Waals surface area contributed by atoms with Crippen LogP contribution in [0.2, 0.25) is 5.02 Å². The number of para-hydroxylation sites is 1. The van der Waals surface area contributed by atoms with Gasteiger partial charge in [-0.25, -0.2) is 4.99 Å². The molecule has 7 heteroatoms. The first-order chi connectivity index (χ1) is 20.6. The quantitative estimate of drug-likeness (QED) is 0.225. The van der Waals surface area contributed by atoms with E-state index in [-0.39, 0.29) is 11.6 Å². The van der Waals surface area contributed by atoms with Crippen molar-refractivity contribution >= 4 is 34.7 Å². The summed E-state index contributed by atoms with van der Waals surface area (Å²) in [7, 11) is 1.67. The zero-order valence-electron chi connectivity index (χ0n) is 22.9. The standard InChI is InChI=1S/C35H27ClN2O3S/c1-40-27-10-6-9-25(19-27)33-29-18-15-23-7-2-4-11-28(23)32(29)37-35-38(33)34(39)31(42-35)20-24-8-3-5-12-30(24)41-21-22-13-16-26(36)17-14-22/h2-14,16-17,19-20,33H,15,18,21H2,1H3/b31-20-/t33-/m0/s1. The summed E-state index contributed by atoms with van der Waals surface area (Å²) in [6.07, 6.45) is 3.66. The van der Waals surface area contributed by atoms with Gasteiger partial charge in [-0.05, 0) is 71.5 Å². The van der Waals surface area contributed by atoms with Crippen LogP contribution in [-0.2, 0) is 13.0 Å². The summed E-state index contributed by atoms with van der Waals surface area (Å²) in [6.45, 7) is 0.394. The highest BCUT2D eigenvalue weighted by Gasteiger charge is 2.32. The lowest BCUT2D eigenvalue weighted by molar-refractivity contribution is 0.305. The van der Waals surface area contributed by atoms with Gasteiger partial charge in [0.25, 0.3) is 5.56 Å². The maximum absolute atomic E-state index is 14.2. The van der Waals surface area contributed by atoms with Crippen LogP contribution in [0.3, 0.4) is 0 Å². The number of hydrogen-bond donors (Lipinski definition) is 0. The molecule has 0 spiro atoms. The van der Waals surface area contributed by atoms with Crippen molar-refractivity contribution in [2.24, 2.45) is 4.99 Å². The topological polar surface area (TPSA) is 52.8 Å². The minimum atomic E-state index is -0.266. The Morgan fingerprint density at radius 3 is 2.64 bits per heavy atom. The lowest BCUT2D eigenvalue weighted by atomic mass is 9.83. The van der Waals surface area contributed by atoms with Gasteiger partial charge in [-0.1, -0.05) is 89.7 Å². The average molecular weight is 591 g/mol. The number of hydrogen-bond acceptors (Lipinski definition) is 5. The second kappa shape index (κ2) is 11.1. The van der Waals surface area contributed by atoms with Gasteiger partial charge in [-0.2, -0.15) is 0 Å². The van der Waals surface area contributed by atoms with Crippen molar-refractivity contribution in [2.75, 3.05) is 7.11 Å². The highest BCUT2D eigenvalue weighted by molar-refractivity contribution is 7.07. The number of rotatable bonds is 6. The Bertz CT molecular complexity index is 2020.